The van der Waals surface area contributed by atoms with Crippen LogP contribution in [0.5, 0.6) is 0 Å². The normalized spacial score (nSPS) is 20.5. The number of methoxy groups -OCH3 is 2. The van der Waals surface area contributed by atoms with Crippen LogP contribution in [0, 0.1) is 23.5 Å². The molecule has 2 unspecified atom stereocenters. The Balaban J connectivity index is 0.901. The van der Waals surface area contributed by atoms with Gasteiger partial charge in [-0.3, -0.25) is 9.59 Å². The molecule has 0 radical (unpaired) electrons. The fraction of sp³-hybridized carbons (Fsp3) is 0.443. The van der Waals surface area contributed by atoms with Crippen LogP contribution >= 0.6 is 0 Å². The van der Waals surface area contributed by atoms with E-state index in [4.69, 9.17) is 19.4 Å². The molecule has 4 aliphatic rings. The second-order valence-corrected chi connectivity index (χ2v) is 22.1. The lowest BCUT2D eigenvalue weighted by molar-refractivity contribution is -0.136. The number of hydrogen-bond donors (Lipinski definition) is 4. The minimum atomic E-state index is -0.744. The molecule has 4 saturated heterocycles. The highest BCUT2D eigenvalue weighted by atomic mass is 19.1. The third-order valence-electron chi connectivity index (χ3n) is 16.6. The maximum atomic E-state index is 16.7. The molecular weight excluding hydrogens is 1010 g/mol. The highest BCUT2D eigenvalue weighted by molar-refractivity contribution is 5.87. The number of halogens is 2. The van der Waals surface area contributed by atoms with Crippen molar-refractivity contribution in [1.82, 2.24) is 40.4 Å². The number of aromatic amines is 2. The van der Waals surface area contributed by atoms with Gasteiger partial charge in [0.05, 0.1) is 49.8 Å². The molecule has 4 N–H and O–H groups in total. The summed E-state index contributed by atoms with van der Waals surface area (Å²) in [6, 6.07) is 27.2. The van der Waals surface area contributed by atoms with Gasteiger partial charge in [0, 0.05) is 55.4 Å². The van der Waals surface area contributed by atoms with E-state index in [2.05, 4.69) is 61.9 Å². The number of aromatic nitrogens is 4. The van der Waals surface area contributed by atoms with E-state index in [0.717, 1.165) is 73.6 Å². The minimum absolute atomic E-state index is 0.0124. The minimum Gasteiger partial charge on any atom is -0.453 e. The van der Waals surface area contributed by atoms with Gasteiger partial charge in [-0.05, 0) is 97.9 Å². The molecule has 6 heterocycles. The van der Waals surface area contributed by atoms with Gasteiger partial charge in [0.25, 0.3) is 0 Å². The first-order valence-corrected chi connectivity index (χ1v) is 27.9. The fourth-order valence-corrected chi connectivity index (χ4v) is 12.4. The molecule has 0 spiro atoms. The number of nitrogens with zero attached hydrogens (tertiary/aromatic N) is 6. The van der Waals surface area contributed by atoms with Crippen molar-refractivity contribution in [2.45, 2.75) is 121 Å². The van der Waals surface area contributed by atoms with Gasteiger partial charge >= 0.3 is 12.2 Å². The van der Waals surface area contributed by atoms with Crippen molar-refractivity contribution in [3.8, 4) is 22.5 Å². The van der Waals surface area contributed by atoms with E-state index in [-0.39, 0.29) is 53.5 Å². The molecule has 4 amide bonds. The molecular formula is C61H72F2N10O6. The molecule has 0 saturated carbocycles. The number of nitrogens with one attached hydrogen (secondary N) is 4. The second kappa shape index (κ2) is 23.7. The molecule has 416 valence electrons. The summed E-state index contributed by atoms with van der Waals surface area (Å²) in [6.07, 6.45) is 8.47. The number of anilines is 2. The molecule has 0 bridgehead atoms. The molecule has 6 aromatic rings. The van der Waals surface area contributed by atoms with Crippen molar-refractivity contribution in [2.24, 2.45) is 11.8 Å². The quantitative estimate of drug-likeness (QED) is 0.0773. The number of benzene rings is 4. The average Bonchev–Trinajstić information content (AvgIpc) is 4.47. The first kappa shape index (κ1) is 54.6. The van der Waals surface area contributed by atoms with Gasteiger partial charge in [-0.1, -0.05) is 107 Å². The molecule has 4 fully saturated rings. The smallest absolute Gasteiger partial charge is 0.407 e. The monoisotopic (exact) mass is 1080 g/mol. The topological polar surface area (TPSA) is 181 Å². The average molecular weight is 1080 g/mol. The Morgan fingerprint density at radius 3 is 1.43 bits per heavy atom. The standard InChI is InChI=1S/C61H72F2N10O6/c1-36(2)53(68-60(76)78-5)58(74)71-28-10-14-51(71)56-64-34-47(66-56)40-16-20-42(21-17-40)49-24-25-50(73(49)44-32-45(62)55(46(63)33-44)70-30-26-39(27-31-70)38-12-8-7-9-13-38)43-22-18-41(19-23-43)48-35-65-57(67-48)52-15-11-29-72(52)59(75)54(37(3)4)69-61(77)79-6/h7-9,12-13,16-23,32-37,39,49-54H,10-11,14-15,24-31H2,1-6H3,(H,64,66)(H,65,67)(H,68,76)(H,69,77)/t49-,50?,51?,52+,53+,54+/m1/s1. The van der Waals surface area contributed by atoms with E-state index in [9.17, 15) is 19.2 Å². The van der Waals surface area contributed by atoms with Crippen LogP contribution in [0.15, 0.2) is 103 Å². The van der Waals surface area contributed by atoms with Crippen LogP contribution in [0.3, 0.4) is 0 Å². The Bertz CT molecular complexity index is 2930. The Morgan fingerprint density at radius 2 is 1.01 bits per heavy atom. The highest BCUT2D eigenvalue weighted by Gasteiger charge is 2.41. The maximum absolute atomic E-state index is 16.7. The van der Waals surface area contributed by atoms with Crippen molar-refractivity contribution in [2.75, 3.05) is 50.2 Å². The molecule has 16 nitrogen and oxygen atoms in total. The van der Waals surface area contributed by atoms with Crippen molar-refractivity contribution < 1.29 is 37.4 Å². The number of alkyl carbamates (subject to hydrolysis) is 2. The SMILES string of the molecule is COC(=O)N[C@H](C(=O)N1CCCC1c1nc(-c2ccc([C@H]3CCC(c4ccc(-c5c[nH]c([C@@H]6CCCN6C(=O)[C@@H](NC(=O)OC)C(C)C)n5)cc4)N3c3cc(F)c(N4CCC(c5ccccc5)CC4)c(F)c3)cc2)c[nH]1)C(C)C. The number of piperidine rings is 1. The number of ether oxygens (including phenoxy) is 2. The van der Waals surface area contributed by atoms with E-state index >= 15 is 8.78 Å². The van der Waals surface area contributed by atoms with E-state index in [0.29, 0.717) is 60.8 Å². The Kier molecular flexibility index (Phi) is 16.4. The Morgan fingerprint density at radius 1 is 0.570 bits per heavy atom. The predicted molar refractivity (Wildman–Crippen MR) is 298 cm³/mol. The zero-order valence-corrected chi connectivity index (χ0v) is 45.9. The van der Waals surface area contributed by atoms with Crippen molar-refractivity contribution >= 4 is 35.4 Å². The van der Waals surface area contributed by atoms with Gasteiger partial charge < -0.3 is 49.7 Å². The maximum Gasteiger partial charge on any atom is 0.407 e. The zero-order valence-electron chi connectivity index (χ0n) is 45.9. The van der Waals surface area contributed by atoms with Gasteiger partial charge in [0.1, 0.15) is 29.4 Å². The molecule has 4 aromatic carbocycles. The van der Waals surface area contributed by atoms with Crippen LogP contribution in [0.1, 0.15) is 137 Å². The van der Waals surface area contributed by atoms with Crippen LogP contribution < -0.4 is 20.4 Å². The summed E-state index contributed by atoms with van der Waals surface area (Å²) < 4.78 is 43.1. The summed E-state index contributed by atoms with van der Waals surface area (Å²) in [5.41, 5.74) is 6.87. The molecule has 4 aliphatic heterocycles. The van der Waals surface area contributed by atoms with Crippen LogP contribution in [0.2, 0.25) is 0 Å². The Hall–Kier alpha value is -7.76. The number of carbonyl (C=O) groups excluding carboxylic acids is 4. The van der Waals surface area contributed by atoms with Gasteiger partial charge in [-0.15, -0.1) is 0 Å². The molecule has 2 aromatic heterocycles. The van der Waals surface area contributed by atoms with Crippen LogP contribution in [-0.4, -0.2) is 106 Å². The van der Waals surface area contributed by atoms with Crippen LogP contribution in [-0.2, 0) is 19.1 Å². The lowest BCUT2D eigenvalue weighted by atomic mass is 9.89. The van der Waals surface area contributed by atoms with Gasteiger partial charge in [0.15, 0.2) is 11.6 Å². The van der Waals surface area contributed by atoms with E-state index < -0.39 is 35.9 Å². The summed E-state index contributed by atoms with van der Waals surface area (Å²) in [4.78, 5) is 76.2. The first-order chi connectivity index (χ1) is 38.2. The van der Waals surface area contributed by atoms with E-state index in [1.165, 1.54) is 31.9 Å². The largest absolute Gasteiger partial charge is 0.453 e. The number of imidazole rings is 2. The van der Waals surface area contributed by atoms with Crippen molar-refractivity contribution in [1.29, 1.82) is 0 Å². The molecule has 10 rings (SSSR count). The molecule has 18 heteroatoms. The number of amides is 4. The predicted octanol–water partition coefficient (Wildman–Crippen LogP) is 11.3. The third-order valence-corrected chi connectivity index (χ3v) is 16.6. The number of likely N-dealkylation sites (tertiary alicyclic amines) is 2. The van der Waals surface area contributed by atoms with E-state index in [1.54, 1.807) is 9.80 Å². The van der Waals surface area contributed by atoms with Gasteiger partial charge in [0.2, 0.25) is 11.8 Å². The Labute approximate surface area is 460 Å². The summed E-state index contributed by atoms with van der Waals surface area (Å²) in [5, 5.41) is 5.42. The molecule has 0 aliphatic carbocycles. The summed E-state index contributed by atoms with van der Waals surface area (Å²) in [5.74, 6) is -0.176. The number of H-pyrrole nitrogens is 2. The highest BCUT2D eigenvalue weighted by Crippen LogP contribution is 2.49. The van der Waals surface area contributed by atoms with Crippen LogP contribution in [0.25, 0.3) is 22.5 Å². The van der Waals surface area contributed by atoms with Crippen molar-refractivity contribution in [3.63, 3.8) is 0 Å². The van der Waals surface area contributed by atoms with Crippen LogP contribution in [0.4, 0.5) is 29.7 Å². The second-order valence-electron chi connectivity index (χ2n) is 22.1. The number of rotatable bonds is 15. The summed E-state index contributed by atoms with van der Waals surface area (Å²) >= 11 is 0. The number of carbonyl (C=O) groups is 4. The summed E-state index contributed by atoms with van der Waals surface area (Å²) in [7, 11) is 2.56. The third kappa shape index (κ3) is 11.4. The summed E-state index contributed by atoms with van der Waals surface area (Å²) in [6.45, 7) is 9.73. The fourth-order valence-electron chi connectivity index (χ4n) is 12.4. The first-order valence-electron chi connectivity index (χ1n) is 27.9. The molecule has 79 heavy (non-hydrogen) atoms. The van der Waals surface area contributed by atoms with E-state index in [1.807, 2.05) is 87.5 Å². The number of hydrogen-bond acceptors (Lipinski definition) is 10. The lowest BCUT2D eigenvalue weighted by Gasteiger charge is -2.36. The molecule has 6 atom stereocenters. The lowest BCUT2D eigenvalue weighted by Crippen LogP contribution is -2.51. The van der Waals surface area contributed by atoms with Gasteiger partial charge in [-0.2, -0.15) is 0 Å². The van der Waals surface area contributed by atoms with Gasteiger partial charge in [-0.25, -0.2) is 28.3 Å². The zero-order chi connectivity index (χ0) is 55.5. The van der Waals surface area contributed by atoms with Crippen molar-refractivity contribution in [3.05, 3.63) is 143 Å².